The Balaban J connectivity index is 2.97. The average molecular weight is 675 g/mol. The minimum atomic E-state index is -1.82. The fourth-order valence-electron chi connectivity index (χ4n) is 4.92. The normalized spacial score (nSPS) is 18.5. The van der Waals surface area contributed by atoms with Gasteiger partial charge < -0.3 is 33.3 Å². The summed E-state index contributed by atoms with van der Waals surface area (Å²) >= 11 is 0. The minimum absolute atomic E-state index is 0.0468. The van der Waals surface area contributed by atoms with Crippen LogP contribution in [0.3, 0.4) is 0 Å². The smallest absolute Gasteiger partial charge is 0.412 e. The van der Waals surface area contributed by atoms with Gasteiger partial charge >= 0.3 is 24.1 Å². The molecule has 0 saturated heterocycles. The zero-order valence-corrected chi connectivity index (χ0v) is 31.2. The third-order valence-corrected chi connectivity index (χ3v) is 8.10. The zero-order chi connectivity index (χ0) is 35.5. The Labute approximate surface area is 277 Å². The van der Waals surface area contributed by atoms with Crippen LogP contribution in [0.4, 0.5) is 9.59 Å². The van der Waals surface area contributed by atoms with Crippen molar-refractivity contribution in [2.45, 2.75) is 150 Å². The molecule has 0 bridgehead atoms. The van der Waals surface area contributed by atoms with E-state index in [1.807, 2.05) is 13.8 Å². The van der Waals surface area contributed by atoms with E-state index in [-0.39, 0.29) is 30.7 Å². The highest BCUT2D eigenvalue weighted by Gasteiger charge is 2.40. The summed E-state index contributed by atoms with van der Waals surface area (Å²) in [7, 11) is -1.82. The molecule has 0 aromatic carbocycles. The second-order valence-electron chi connectivity index (χ2n) is 15.1. The van der Waals surface area contributed by atoms with E-state index in [2.05, 4.69) is 10.6 Å². The lowest BCUT2D eigenvalue weighted by molar-refractivity contribution is -0.158. The maximum absolute atomic E-state index is 13.5. The van der Waals surface area contributed by atoms with Crippen LogP contribution < -0.4 is 10.6 Å². The molecule has 2 N–H and O–H groups in total. The number of ether oxygens (including phenoxy) is 4. The first kappa shape index (κ1) is 41.6. The zero-order valence-electron chi connectivity index (χ0n) is 30.3. The third-order valence-electron chi connectivity index (χ3n) is 6.32. The molecule has 1 saturated carbocycles. The fraction of sp³-hybridized carbons (Fsp3) is 0.818. The summed E-state index contributed by atoms with van der Waals surface area (Å²) in [6.45, 7) is 23.5. The van der Waals surface area contributed by atoms with Gasteiger partial charge in [-0.25, -0.2) is 19.2 Å². The Morgan fingerprint density at radius 2 is 1.24 bits per heavy atom. The van der Waals surface area contributed by atoms with Crippen molar-refractivity contribution in [3.8, 4) is 0 Å². The van der Waals surface area contributed by atoms with Crippen molar-refractivity contribution < 1.29 is 47.2 Å². The van der Waals surface area contributed by atoms with Crippen LogP contribution in [-0.4, -0.2) is 65.5 Å². The topological polar surface area (TPSA) is 148 Å². The highest BCUT2D eigenvalue weighted by atomic mass is 31.2. The lowest BCUT2D eigenvalue weighted by Crippen LogP contribution is -2.46. The van der Waals surface area contributed by atoms with E-state index in [9.17, 15) is 19.2 Å². The summed E-state index contributed by atoms with van der Waals surface area (Å²) in [6.07, 6.45) is 4.01. The van der Waals surface area contributed by atoms with Crippen molar-refractivity contribution >= 4 is 32.5 Å². The number of hydrogen-bond acceptors (Lipinski definition) is 10. The molecule has 3 atom stereocenters. The Bertz CT molecular complexity index is 1050. The monoisotopic (exact) mass is 674 g/mol. The van der Waals surface area contributed by atoms with Crippen LogP contribution in [0.1, 0.15) is 122 Å². The number of allylic oxidation sites excluding steroid dienone is 1. The van der Waals surface area contributed by atoms with Gasteiger partial charge in [0.25, 0.3) is 0 Å². The number of amides is 2. The van der Waals surface area contributed by atoms with Crippen LogP contribution in [-0.2, 0) is 37.6 Å². The Kier molecular flexibility index (Phi) is 16.0. The van der Waals surface area contributed by atoms with Crippen LogP contribution in [0, 0.1) is 11.8 Å². The van der Waals surface area contributed by atoms with Crippen molar-refractivity contribution in [1.29, 1.82) is 0 Å². The van der Waals surface area contributed by atoms with E-state index in [1.54, 1.807) is 82.2 Å². The maximum atomic E-state index is 13.5. The van der Waals surface area contributed by atoms with E-state index in [0.717, 1.165) is 19.3 Å². The van der Waals surface area contributed by atoms with Crippen LogP contribution in [0.5, 0.6) is 0 Å². The largest absolute Gasteiger partial charge is 0.458 e. The number of rotatable bonds is 14. The van der Waals surface area contributed by atoms with Crippen LogP contribution >= 0.6 is 8.38 Å². The van der Waals surface area contributed by atoms with Gasteiger partial charge in [-0.1, -0.05) is 12.5 Å². The van der Waals surface area contributed by atoms with Crippen molar-refractivity contribution in [2.24, 2.45) is 11.8 Å². The molecule has 2 amide bonds. The van der Waals surface area contributed by atoms with E-state index >= 15 is 0 Å². The summed E-state index contributed by atoms with van der Waals surface area (Å²) in [6, 6.07) is 0. The first-order valence-electron chi connectivity index (χ1n) is 16.1. The van der Waals surface area contributed by atoms with Crippen molar-refractivity contribution in [2.75, 3.05) is 13.2 Å². The Hall–Kier alpha value is -2.43. The van der Waals surface area contributed by atoms with Gasteiger partial charge in [0.1, 0.15) is 28.1 Å². The van der Waals surface area contributed by atoms with E-state index < -0.39 is 60.7 Å². The number of hydrogen-bond donors (Lipinski definition) is 2. The number of nitrogens with one attached hydrogen (secondary N) is 2. The number of esters is 2. The van der Waals surface area contributed by atoms with Crippen LogP contribution in [0.15, 0.2) is 11.8 Å². The van der Waals surface area contributed by atoms with E-state index in [4.69, 9.17) is 28.0 Å². The third kappa shape index (κ3) is 17.5. The molecule has 0 radical (unpaired) electrons. The molecule has 13 heteroatoms. The summed E-state index contributed by atoms with van der Waals surface area (Å²) in [5.74, 6) is -1.96. The second kappa shape index (κ2) is 17.6. The molecular formula is C33H59N2O10P. The van der Waals surface area contributed by atoms with Gasteiger partial charge in [0, 0.05) is 0 Å². The highest BCUT2D eigenvalue weighted by Crippen LogP contribution is 2.44. The molecule has 266 valence electrons. The number of carbonyl (C=O) groups excluding carboxylic acids is 4. The standard InChI is InChI=1S/C33H59N2O10P/c1-14-40-46(41-15-2)25(35-29(39)45-32(9,10)11)27(37)43-33(12,13)21-23-17-16-22(20-23)18-19-24(26(36)42-30(3,4)5)34-28(38)44-31(6,7)8/h19,22-23,25H,14-18,20-21H2,1-13H3,(H,34,38)(H,35,39)/b24-19-. The molecule has 1 fully saturated rings. The molecular weight excluding hydrogens is 615 g/mol. The van der Waals surface area contributed by atoms with Crippen LogP contribution in [0.2, 0.25) is 0 Å². The lowest BCUT2D eigenvalue weighted by atomic mass is 9.91. The fourth-order valence-corrected chi connectivity index (χ4v) is 6.23. The maximum Gasteiger partial charge on any atom is 0.412 e. The molecule has 12 nitrogen and oxygen atoms in total. The molecule has 0 aromatic rings. The number of carbonyl (C=O) groups is 4. The van der Waals surface area contributed by atoms with Gasteiger partial charge in [-0.3, -0.25) is 5.32 Å². The Morgan fingerprint density at radius 3 is 1.74 bits per heavy atom. The predicted molar refractivity (Wildman–Crippen MR) is 177 cm³/mol. The van der Waals surface area contributed by atoms with Gasteiger partial charge in [0.2, 0.25) is 8.38 Å². The molecule has 0 aliphatic heterocycles. The highest BCUT2D eigenvalue weighted by molar-refractivity contribution is 7.49. The molecule has 1 rings (SSSR count). The molecule has 0 heterocycles. The van der Waals surface area contributed by atoms with Gasteiger partial charge in [-0.2, -0.15) is 0 Å². The minimum Gasteiger partial charge on any atom is -0.458 e. The van der Waals surface area contributed by atoms with E-state index in [1.165, 1.54) is 0 Å². The molecule has 0 spiro atoms. The van der Waals surface area contributed by atoms with Gasteiger partial charge in [-0.15, -0.1) is 0 Å². The molecule has 1 aliphatic carbocycles. The molecule has 0 aromatic heterocycles. The summed E-state index contributed by atoms with van der Waals surface area (Å²) in [4.78, 5) is 51.4. The average Bonchev–Trinajstić information content (AvgIpc) is 3.27. The second-order valence-corrected chi connectivity index (χ2v) is 16.7. The lowest BCUT2D eigenvalue weighted by Gasteiger charge is -2.32. The van der Waals surface area contributed by atoms with Crippen molar-refractivity contribution in [3.05, 3.63) is 11.8 Å². The first-order chi connectivity index (χ1) is 20.9. The summed E-state index contributed by atoms with van der Waals surface area (Å²) in [5.41, 5.74) is -3.02. The first-order valence-corrected chi connectivity index (χ1v) is 17.4. The SMILES string of the molecule is CCOP(OCC)C(NC(=O)OC(C)(C)C)C(=O)OC(C)(C)CC1CCC(C/C=C(\NC(=O)OC(C)(C)C)C(=O)OC(C)(C)C)C1. The molecule has 3 unspecified atom stereocenters. The number of alkyl carbamates (subject to hydrolysis) is 2. The quantitative estimate of drug-likeness (QED) is 0.0822. The summed E-state index contributed by atoms with van der Waals surface area (Å²) in [5, 5.41) is 5.17. The Morgan fingerprint density at radius 1 is 0.739 bits per heavy atom. The molecule has 46 heavy (non-hydrogen) atoms. The van der Waals surface area contributed by atoms with Crippen LogP contribution in [0.25, 0.3) is 0 Å². The summed E-state index contributed by atoms with van der Waals surface area (Å²) < 4.78 is 33.6. The predicted octanol–water partition coefficient (Wildman–Crippen LogP) is 7.49. The van der Waals surface area contributed by atoms with Gasteiger partial charge in [0.05, 0.1) is 13.2 Å². The van der Waals surface area contributed by atoms with Crippen molar-refractivity contribution in [3.63, 3.8) is 0 Å². The molecule has 1 aliphatic rings. The van der Waals surface area contributed by atoms with Gasteiger partial charge in [-0.05, 0) is 128 Å². The van der Waals surface area contributed by atoms with Gasteiger partial charge in [0.15, 0.2) is 5.78 Å². The van der Waals surface area contributed by atoms with Crippen molar-refractivity contribution in [1.82, 2.24) is 10.6 Å². The van der Waals surface area contributed by atoms with E-state index in [0.29, 0.717) is 12.8 Å².